The van der Waals surface area contributed by atoms with E-state index in [9.17, 15) is 9.59 Å². The maximum atomic E-state index is 14.0. The highest BCUT2D eigenvalue weighted by molar-refractivity contribution is 14.1. The van der Waals surface area contributed by atoms with Crippen LogP contribution in [0.5, 0.6) is 17.2 Å². The van der Waals surface area contributed by atoms with Crippen LogP contribution in [0.2, 0.25) is 0 Å². The Kier molecular flexibility index (Phi) is 9.81. The fourth-order valence-corrected chi connectivity index (χ4v) is 8.13. The van der Waals surface area contributed by atoms with Gasteiger partial charge in [-0.15, -0.1) is 0 Å². The first kappa shape index (κ1) is 30.1. The van der Waals surface area contributed by atoms with Crippen molar-refractivity contribution in [3.05, 3.63) is 78.0 Å². The topological polar surface area (TPSA) is 88.4 Å². The van der Waals surface area contributed by atoms with Crippen molar-refractivity contribution in [2.24, 2.45) is 4.99 Å². The third kappa shape index (κ3) is 5.93. The second-order valence-corrected chi connectivity index (χ2v) is 12.5. The summed E-state index contributed by atoms with van der Waals surface area (Å²) in [7, 11) is 3.18. The summed E-state index contributed by atoms with van der Waals surface area (Å²) in [6.45, 7) is 6.02. The monoisotopic (exact) mass is 838 g/mol. The Hall–Kier alpha value is -1.91. The van der Waals surface area contributed by atoms with Gasteiger partial charge >= 0.3 is 5.97 Å². The first-order valence-corrected chi connectivity index (χ1v) is 15.6. The van der Waals surface area contributed by atoms with Gasteiger partial charge in [-0.3, -0.25) is 9.36 Å². The number of allylic oxidation sites excluding steroid dienone is 1. The molecule has 1 aliphatic rings. The zero-order chi connectivity index (χ0) is 28.4. The van der Waals surface area contributed by atoms with Gasteiger partial charge in [0.05, 0.1) is 56.4 Å². The van der Waals surface area contributed by atoms with Crippen molar-refractivity contribution in [1.82, 2.24) is 4.57 Å². The first-order chi connectivity index (χ1) is 18.6. The number of esters is 1. The van der Waals surface area contributed by atoms with Crippen molar-refractivity contribution in [3.63, 3.8) is 0 Å². The standard InChI is InChI=1S/C27H25BrI2N2O6S/c1-6-37-20-12-16(28)15(11-19(20)35-4)23-22(26(34)38-7-2)13(3)31-27-32(23)25(33)21(39-27)10-14-8-17(29)24(36-5)18(30)9-14/h8-12,23H,6-7H2,1-5H3/b21-10+/t23-/m0/s1. The number of thiazole rings is 1. The highest BCUT2D eigenvalue weighted by Crippen LogP contribution is 2.41. The minimum atomic E-state index is -0.794. The van der Waals surface area contributed by atoms with Gasteiger partial charge in [-0.25, -0.2) is 9.79 Å². The maximum Gasteiger partial charge on any atom is 0.338 e. The molecule has 2 heterocycles. The minimum Gasteiger partial charge on any atom is -0.495 e. The number of ether oxygens (including phenoxy) is 4. The third-order valence-electron chi connectivity index (χ3n) is 5.92. The summed E-state index contributed by atoms with van der Waals surface area (Å²) >= 11 is 9.35. The number of carbonyl (C=O) groups excluding carboxylic acids is 1. The Morgan fingerprint density at radius 3 is 2.38 bits per heavy atom. The van der Waals surface area contributed by atoms with Gasteiger partial charge in [0.1, 0.15) is 5.75 Å². The molecular formula is C27H25BrI2N2O6S. The Labute approximate surface area is 265 Å². The minimum absolute atomic E-state index is 0.190. The van der Waals surface area contributed by atoms with Crippen molar-refractivity contribution >= 4 is 84.5 Å². The molecule has 3 aromatic rings. The first-order valence-electron chi connectivity index (χ1n) is 11.9. The van der Waals surface area contributed by atoms with E-state index in [1.165, 1.54) is 11.3 Å². The van der Waals surface area contributed by atoms with Gasteiger partial charge in [0.25, 0.3) is 5.56 Å². The molecule has 1 atom stereocenters. The van der Waals surface area contributed by atoms with Crippen LogP contribution in [0.4, 0.5) is 0 Å². The van der Waals surface area contributed by atoms with Crippen LogP contribution in [0, 0.1) is 7.14 Å². The predicted molar refractivity (Wildman–Crippen MR) is 171 cm³/mol. The molecule has 0 saturated heterocycles. The van der Waals surface area contributed by atoms with Crippen LogP contribution in [-0.2, 0) is 9.53 Å². The number of nitrogens with zero attached hydrogens (tertiary/aromatic N) is 2. The highest BCUT2D eigenvalue weighted by atomic mass is 127. The Bertz CT molecular complexity index is 1640. The van der Waals surface area contributed by atoms with E-state index < -0.39 is 12.0 Å². The highest BCUT2D eigenvalue weighted by Gasteiger charge is 2.35. The molecule has 0 spiro atoms. The molecule has 12 heteroatoms. The summed E-state index contributed by atoms with van der Waals surface area (Å²) in [5.41, 5.74) is 2.01. The molecule has 0 amide bonds. The van der Waals surface area contributed by atoms with Crippen molar-refractivity contribution < 1.29 is 23.7 Å². The number of carbonyl (C=O) groups is 1. The molecule has 0 saturated carbocycles. The maximum absolute atomic E-state index is 14.0. The lowest BCUT2D eigenvalue weighted by molar-refractivity contribution is -0.139. The molecule has 0 fully saturated rings. The fourth-order valence-electron chi connectivity index (χ4n) is 4.28. The van der Waals surface area contributed by atoms with Crippen LogP contribution in [0.1, 0.15) is 37.9 Å². The van der Waals surface area contributed by atoms with Crippen molar-refractivity contribution in [1.29, 1.82) is 0 Å². The lowest BCUT2D eigenvalue weighted by atomic mass is 9.95. The number of benzene rings is 2. The van der Waals surface area contributed by atoms with E-state index in [0.29, 0.717) is 43.2 Å². The number of methoxy groups -OCH3 is 2. The molecule has 0 aliphatic carbocycles. The fraction of sp³-hybridized carbons (Fsp3) is 0.296. The summed E-state index contributed by atoms with van der Waals surface area (Å²) in [4.78, 5) is 32.4. The van der Waals surface area contributed by atoms with Crippen LogP contribution in [0.15, 0.2) is 49.8 Å². The zero-order valence-electron chi connectivity index (χ0n) is 21.8. The van der Waals surface area contributed by atoms with Gasteiger partial charge in [-0.2, -0.15) is 0 Å². The molecule has 0 unspecified atom stereocenters. The van der Waals surface area contributed by atoms with Crippen LogP contribution in [0.25, 0.3) is 6.08 Å². The molecule has 206 valence electrons. The van der Waals surface area contributed by atoms with E-state index in [1.807, 2.05) is 25.1 Å². The van der Waals surface area contributed by atoms with Crippen molar-refractivity contribution in [2.45, 2.75) is 26.8 Å². The number of aromatic nitrogens is 1. The Morgan fingerprint density at radius 1 is 1.10 bits per heavy atom. The molecule has 39 heavy (non-hydrogen) atoms. The van der Waals surface area contributed by atoms with E-state index in [4.69, 9.17) is 18.9 Å². The van der Waals surface area contributed by atoms with Crippen LogP contribution < -0.4 is 29.1 Å². The number of hydrogen-bond acceptors (Lipinski definition) is 8. The Morgan fingerprint density at radius 2 is 1.79 bits per heavy atom. The summed E-state index contributed by atoms with van der Waals surface area (Å²) in [6.07, 6.45) is 1.84. The average molecular weight is 839 g/mol. The molecule has 2 aromatic carbocycles. The number of hydrogen-bond donors (Lipinski definition) is 0. The van der Waals surface area contributed by atoms with E-state index in [-0.39, 0.29) is 17.7 Å². The predicted octanol–water partition coefficient (Wildman–Crippen LogP) is 5.19. The molecule has 8 nitrogen and oxygen atoms in total. The average Bonchev–Trinajstić information content (AvgIpc) is 3.18. The normalized spacial score (nSPS) is 15.1. The van der Waals surface area contributed by atoms with Gasteiger partial charge in [-0.05, 0) is 107 Å². The summed E-state index contributed by atoms with van der Waals surface area (Å²) in [5.74, 6) is 1.29. The third-order valence-corrected chi connectivity index (χ3v) is 9.19. The largest absolute Gasteiger partial charge is 0.495 e. The SMILES string of the molecule is CCOC(=O)C1=C(C)N=c2s/c(=C/c3cc(I)c(OC)c(I)c3)c(=O)n2[C@H]1c1cc(OC)c(OCC)cc1Br. The van der Waals surface area contributed by atoms with Crippen LogP contribution in [0.3, 0.4) is 0 Å². The van der Waals surface area contributed by atoms with E-state index >= 15 is 0 Å². The summed E-state index contributed by atoms with van der Waals surface area (Å²) < 4.78 is 26.8. The van der Waals surface area contributed by atoms with E-state index in [1.54, 1.807) is 44.8 Å². The second-order valence-electron chi connectivity index (χ2n) is 8.28. The molecule has 0 N–H and O–H groups in total. The number of fused-ring (bicyclic) bond motifs is 1. The second kappa shape index (κ2) is 12.7. The molecule has 4 rings (SSSR count). The lowest BCUT2D eigenvalue weighted by Gasteiger charge is -2.26. The number of rotatable bonds is 8. The lowest BCUT2D eigenvalue weighted by Crippen LogP contribution is -2.40. The molecule has 0 bridgehead atoms. The Balaban J connectivity index is 1.99. The molecule has 1 aliphatic heterocycles. The molecule has 1 aromatic heterocycles. The van der Waals surface area contributed by atoms with Gasteiger partial charge in [0, 0.05) is 4.47 Å². The van der Waals surface area contributed by atoms with Gasteiger partial charge < -0.3 is 18.9 Å². The van der Waals surface area contributed by atoms with Crippen LogP contribution in [-0.4, -0.2) is 38.0 Å². The van der Waals surface area contributed by atoms with E-state index in [2.05, 4.69) is 66.1 Å². The quantitative estimate of drug-likeness (QED) is 0.230. The molecular weight excluding hydrogens is 814 g/mol. The van der Waals surface area contributed by atoms with Gasteiger partial charge in [0.15, 0.2) is 16.3 Å². The zero-order valence-corrected chi connectivity index (χ0v) is 28.5. The molecule has 0 radical (unpaired) electrons. The summed E-state index contributed by atoms with van der Waals surface area (Å²) in [5, 5.41) is 0. The smallest absolute Gasteiger partial charge is 0.338 e. The van der Waals surface area contributed by atoms with Crippen molar-refractivity contribution in [3.8, 4) is 17.2 Å². The van der Waals surface area contributed by atoms with Crippen molar-refractivity contribution in [2.75, 3.05) is 27.4 Å². The number of halogens is 3. The van der Waals surface area contributed by atoms with Gasteiger partial charge in [-0.1, -0.05) is 27.3 Å². The van der Waals surface area contributed by atoms with E-state index in [0.717, 1.165) is 18.5 Å². The summed E-state index contributed by atoms with van der Waals surface area (Å²) in [6, 6.07) is 6.69. The van der Waals surface area contributed by atoms with Gasteiger partial charge in [0.2, 0.25) is 0 Å². The van der Waals surface area contributed by atoms with Crippen LogP contribution >= 0.6 is 72.4 Å².